The zero-order valence-corrected chi connectivity index (χ0v) is 17.5. The van der Waals surface area contributed by atoms with Gasteiger partial charge in [-0.2, -0.15) is 0 Å². The number of carboxylic acids is 1. The number of carboxylic acid groups (broad SMARTS) is 1. The van der Waals surface area contributed by atoms with Crippen molar-refractivity contribution in [3.05, 3.63) is 90.5 Å². The van der Waals surface area contributed by atoms with Gasteiger partial charge in [-0.1, -0.05) is 75.2 Å². The third-order valence-electron chi connectivity index (χ3n) is 4.11. The first kappa shape index (κ1) is 21.8. The van der Waals surface area contributed by atoms with E-state index in [0.717, 1.165) is 6.42 Å². The molecule has 3 aromatic carbocycles. The average molecular weight is 393 g/mol. The smallest absolute Gasteiger partial charge is 0.166 e. The first-order chi connectivity index (χ1) is 13.7. The van der Waals surface area contributed by atoms with Gasteiger partial charge in [-0.05, 0) is 54.8 Å². The van der Waals surface area contributed by atoms with E-state index in [9.17, 15) is 9.90 Å². The first-order valence-corrected chi connectivity index (χ1v) is 11.0. The van der Waals surface area contributed by atoms with Crippen LogP contribution in [0.15, 0.2) is 99.6 Å². The van der Waals surface area contributed by atoms with Gasteiger partial charge in [-0.15, -0.1) is 0 Å². The summed E-state index contributed by atoms with van der Waals surface area (Å²) in [6, 6.07) is 30.8. The zero-order chi connectivity index (χ0) is 20.2. The minimum Gasteiger partial charge on any atom is -0.550 e. The standard InChI is InChI=1S/C21H21S.C4H8O2/c1-2-9-18-14-16-21(17-15-18)22(19-10-5-3-6-11-19)20-12-7-4-8-13-20;1-2-3-4(5)6/h3-8,10-17H,2,9H2,1H3;2-3H2,1H3,(H,5,6)/q+1;/p-1. The number of hydrogen-bond acceptors (Lipinski definition) is 2. The van der Waals surface area contributed by atoms with E-state index in [2.05, 4.69) is 91.9 Å². The maximum absolute atomic E-state index is 9.49. The zero-order valence-electron chi connectivity index (χ0n) is 16.6. The summed E-state index contributed by atoms with van der Waals surface area (Å²) < 4.78 is 0. The average Bonchev–Trinajstić information content (AvgIpc) is 2.72. The number of aliphatic carboxylic acids is 1. The first-order valence-electron chi connectivity index (χ1n) is 9.78. The van der Waals surface area contributed by atoms with Crippen LogP contribution in [-0.4, -0.2) is 5.97 Å². The predicted octanol–water partition coefficient (Wildman–Crippen LogP) is 5.27. The molecule has 0 heterocycles. The molecule has 0 aromatic heterocycles. The maximum Gasteiger partial charge on any atom is 0.166 e. The van der Waals surface area contributed by atoms with Crippen LogP contribution in [0.2, 0.25) is 0 Å². The van der Waals surface area contributed by atoms with Crippen LogP contribution in [0, 0.1) is 0 Å². The molecule has 0 bridgehead atoms. The number of rotatable bonds is 7. The van der Waals surface area contributed by atoms with Crippen molar-refractivity contribution in [3.8, 4) is 0 Å². The molecular formula is C25H28O2S. The van der Waals surface area contributed by atoms with Crippen molar-refractivity contribution in [2.45, 2.75) is 54.2 Å². The summed E-state index contributed by atoms with van der Waals surface area (Å²) in [6.45, 7) is 4.03. The lowest BCUT2D eigenvalue weighted by Gasteiger charge is -2.08. The Balaban J connectivity index is 0.000000409. The minimum atomic E-state index is -0.961. The summed E-state index contributed by atoms with van der Waals surface area (Å²) in [5, 5.41) is 9.49. The van der Waals surface area contributed by atoms with Crippen molar-refractivity contribution >= 4 is 16.9 Å². The van der Waals surface area contributed by atoms with Gasteiger partial charge >= 0.3 is 0 Å². The van der Waals surface area contributed by atoms with E-state index in [1.807, 2.05) is 0 Å². The van der Waals surface area contributed by atoms with Gasteiger partial charge in [0.1, 0.15) is 0 Å². The highest BCUT2D eigenvalue weighted by Gasteiger charge is 2.27. The highest BCUT2D eigenvalue weighted by Crippen LogP contribution is 2.31. The van der Waals surface area contributed by atoms with E-state index in [4.69, 9.17) is 0 Å². The Kier molecular flexibility index (Phi) is 9.36. The second-order valence-corrected chi connectivity index (χ2v) is 8.47. The SMILES string of the molecule is CCCC(=O)[O-].CCCc1ccc([S+](c2ccccc2)c2ccccc2)cc1. The Morgan fingerprint density at radius 2 is 1.18 bits per heavy atom. The largest absolute Gasteiger partial charge is 0.550 e. The summed E-state index contributed by atoms with van der Waals surface area (Å²) in [6.07, 6.45) is 3.20. The van der Waals surface area contributed by atoms with Crippen LogP contribution in [0.1, 0.15) is 38.7 Å². The summed E-state index contributed by atoms with van der Waals surface area (Å²) in [7, 11) is -0.0268. The predicted molar refractivity (Wildman–Crippen MR) is 115 cm³/mol. The fourth-order valence-electron chi connectivity index (χ4n) is 2.81. The normalized spacial score (nSPS) is 10.2. The van der Waals surface area contributed by atoms with Crippen molar-refractivity contribution in [2.75, 3.05) is 0 Å². The summed E-state index contributed by atoms with van der Waals surface area (Å²) in [5.41, 5.74) is 1.43. The van der Waals surface area contributed by atoms with Crippen LogP contribution in [0.5, 0.6) is 0 Å². The Hall–Kier alpha value is -2.52. The Bertz CT molecular complexity index is 775. The molecule has 146 valence electrons. The molecule has 0 atom stereocenters. The Morgan fingerprint density at radius 3 is 1.54 bits per heavy atom. The van der Waals surface area contributed by atoms with Crippen LogP contribution < -0.4 is 5.11 Å². The molecule has 0 spiro atoms. The lowest BCUT2D eigenvalue weighted by atomic mass is 10.1. The molecular weight excluding hydrogens is 364 g/mol. The molecule has 3 heteroatoms. The van der Waals surface area contributed by atoms with Crippen molar-refractivity contribution in [2.24, 2.45) is 0 Å². The second kappa shape index (κ2) is 12.0. The Labute approximate surface area is 171 Å². The summed E-state index contributed by atoms with van der Waals surface area (Å²) >= 11 is 0. The van der Waals surface area contributed by atoms with Gasteiger partial charge in [-0.25, -0.2) is 0 Å². The van der Waals surface area contributed by atoms with E-state index in [1.54, 1.807) is 6.92 Å². The number of hydrogen-bond donors (Lipinski definition) is 0. The van der Waals surface area contributed by atoms with E-state index in [-0.39, 0.29) is 17.3 Å². The van der Waals surface area contributed by atoms with Crippen molar-refractivity contribution < 1.29 is 9.90 Å². The molecule has 0 aliphatic heterocycles. The van der Waals surface area contributed by atoms with E-state index >= 15 is 0 Å². The molecule has 0 radical (unpaired) electrons. The van der Waals surface area contributed by atoms with Crippen LogP contribution in [-0.2, 0) is 22.1 Å². The fraction of sp³-hybridized carbons (Fsp3) is 0.240. The third-order valence-corrected chi connectivity index (χ3v) is 6.34. The lowest BCUT2D eigenvalue weighted by molar-refractivity contribution is -0.305. The van der Waals surface area contributed by atoms with Gasteiger partial charge in [0, 0.05) is 5.97 Å². The van der Waals surface area contributed by atoms with Gasteiger partial charge in [0.25, 0.3) is 0 Å². The lowest BCUT2D eigenvalue weighted by Crippen LogP contribution is -2.20. The van der Waals surface area contributed by atoms with Crippen LogP contribution in [0.3, 0.4) is 0 Å². The number of carbonyl (C=O) groups excluding carboxylic acids is 1. The molecule has 3 rings (SSSR count). The van der Waals surface area contributed by atoms with Crippen LogP contribution in [0.25, 0.3) is 0 Å². The molecule has 0 fully saturated rings. The topological polar surface area (TPSA) is 40.1 Å². The number of aryl methyl sites for hydroxylation is 1. The molecule has 0 amide bonds. The molecule has 0 N–H and O–H groups in total. The van der Waals surface area contributed by atoms with Gasteiger partial charge < -0.3 is 9.90 Å². The van der Waals surface area contributed by atoms with E-state index in [1.165, 1.54) is 26.7 Å². The van der Waals surface area contributed by atoms with Gasteiger partial charge in [0.15, 0.2) is 14.7 Å². The van der Waals surface area contributed by atoms with E-state index in [0.29, 0.717) is 6.42 Å². The van der Waals surface area contributed by atoms with Crippen molar-refractivity contribution in [1.82, 2.24) is 0 Å². The number of carbonyl (C=O) groups is 1. The Morgan fingerprint density at radius 1 is 0.714 bits per heavy atom. The fourth-order valence-corrected chi connectivity index (χ4v) is 4.89. The molecule has 0 saturated heterocycles. The summed E-state index contributed by atoms with van der Waals surface area (Å²) in [5.74, 6) is -0.961. The third kappa shape index (κ3) is 6.90. The minimum absolute atomic E-state index is 0.0268. The second-order valence-electron chi connectivity index (χ2n) is 6.45. The molecule has 2 nitrogen and oxygen atoms in total. The monoisotopic (exact) mass is 392 g/mol. The molecule has 28 heavy (non-hydrogen) atoms. The molecule has 0 saturated carbocycles. The molecule has 0 aliphatic rings. The highest BCUT2D eigenvalue weighted by atomic mass is 32.2. The molecule has 0 aliphatic carbocycles. The van der Waals surface area contributed by atoms with Gasteiger partial charge in [0.2, 0.25) is 0 Å². The number of benzene rings is 3. The molecule has 3 aromatic rings. The van der Waals surface area contributed by atoms with Gasteiger partial charge in [0.05, 0.1) is 10.9 Å². The highest BCUT2D eigenvalue weighted by molar-refractivity contribution is 7.97. The molecule has 0 unspecified atom stereocenters. The maximum atomic E-state index is 9.49. The van der Waals surface area contributed by atoms with Crippen molar-refractivity contribution in [1.29, 1.82) is 0 Å². The van der Waals surface area contributed by atoms with Crippen LogP contribution in [0.4, 0.5) is 0 Å². The quantitative estimate of drug-likeness (QED) is 0.514. The van der Waals surface area contributed by atoms with Crippen LogP contribution >= 0.6 is 0 Å². The van der Waals surface area contributed by atoms with E-state index < -0.39 is 5.97 Å². The van der Waals surface area contributed by atoms with Gasteiger partial charge in [-0.3, -0.25) is 0 Å². The summed E-state index contributed by atoms with van der Waals surface area (Å²) in [4.78, 5) is 13.6. The van der Waals surface area contributed by atoms with Crippen molar-refractivity contribution in [3.63, 3.8) is 0 Å².